The normalized spacial score (nSPS) is 12.0. The number of fused-ring (bicyclic) bond motifs is 1. The van der Waals surface area contributed by atoms with Crippen LogP contribution in [0.15, 0.2) is 42.5 Å². The molecule has 0 aliphatic rings. The maximum atomic E-state index is 13.8. The van der Waals surface area contributed by atoms with Crippen LogP contribution >= 0.6 is 0 Å². The van der Waals surface area contributed by atoms with Gasteiger partial charge in [-0.3, -0.25) is 0 Å². The average molecular weight is 283 g/mol. The van der Waals surface area contributed by atoms with Crippen molar-refractivity contribution in [1.29, 1.82) is 0 Å². The molecule has 0 bridgehead atoms. The first-order valence-corrected chi connectivity index (χ1v) is 6.91. The van der Waals surface area contributed by atoms with Crippen molar-refractivity contribution in [3.05, 3.63) is 48.3 Å². The van der Waals surface area contributed by atoms with Crippen molar-refractivity contribution in [2.24, 2.45) is 0 Å². The zero-order valence-corrected chi connectivity index (χ0v) is 12.4. The van der Waals surface area contributed by atoms with Gasteiger partial charge < -0.3 is 10.3 Å². The topological polar surface area (TPSA) is 43.8 Å². The molecule has 0 radical (unpaired) electrons. The van der Waals surface area contributed by atoms with E-state index in [0.717, 1.165) is 22.4 Å². The number of rotatable bonds is 1. The Hall–Kier alpha value is -2.36. The molecular formula is C17H18FN3. The first-order valence-electron chi connectivity index (χ1n) is 6.91. The van der Waals surface area contributed by atoms with Gasteiger partial charge in [0, 0.05) is 11.1 Å². The Balaban J connectivity index is 2.33. The van der Waals surface area contributed by atoms with E-state index in [1.54, 1.807) is 6.07 Å². The van der Waals surface area contributed by atoms with E-state index in [9.17, 15) is 4.39 Å². The van der Waals surface area contributed by atoms with Gasteiger partial charge in [-0.15, -0.1) is 0 Å². The number of nitrogens with two attached hydrogens (primary N) is 1. The molecule has 2 N–H and O–H groups in total. The SMILES string of the molecule is CC(C)(C)n1c(-c2ccc(N)c(F)c2)nc2ccccc21. The lowest BCUT2D eigenvalue weighted by molar-refractivity contribution is 0.413. The minimum absolute atomic E-state index is 0.150. The maximum Gasteiger partial charge on any atom is 0.146 e. The number of nitrogen functional groups attached to an aromatic ring is 1. The zero-order chi connectivity index (χ0) is 15.2. The van der Waals surface area contributed by atoms with Crippen LogP contribution < -0.4 is 5.73 Å². The number of hydrogen-bond donors (Lipinski definition) is 1. The second-order valence-corrected chi connectivity index (χ2v) is 6.17. The van der Waals surface area contributed by atoms with Crippen molar-refractivity contribution < 1.29 is 4.39 Å². The van der Waals surface area contributed by atoms with Crippen LogP contribution in [0.1, 0.15) is 20.8 Å². The molecule has 0 saturated heterocycles. The standard InChI is InChI=1S/C17H18FN3/c1-17(2,3)21-15-7-5-4-6-14(15)20-16(21)11-8-9-13(19)12(18)10-11/h4-10H,19H2,1-3H3. The van der Waals surface area contributed by atoms with Crippen LogP contribution in [-0.2, 0) is 5.54 Å². The fourth-order valence-electron chi connectivity index (χ4n) is 2.56. The molecule has 0 amide bonds. The van der Waals surface area contributed by atoms with E-state index in [0.29, 0.717) is 0 Å². The second kappa shape index (κ2) is 4.58. The number of anilines is 1. The monoisotopic (exact) mass is 283 g/mol. The summed E-state index contributed by atoms with van der Waals surface area (Å²) >= 11 is 0. The minimum Gasteiger partial charge on any atom is -0.396 e. The summed E-state index contributed by atoms with van der Waals surface area (Å²) in [5.41, 5.74) is 8.22. The van der Waals surface area contributed by atoms with Crippen LogP contribution in [0, 0.1) is 5.82 Å². The van der Waals surface area contributed by atoms with Gasteiger partial charge in [-0.2, -0.15) is 0 Å². The van der Waals surface area contributed by atoms with Crippen molar-refractivity contribution in [3.8, 4) is 11.4 Å². The number of hydrogen-bond acceptors (Lipinski definition) is 2. The number of benzene rings is 2. The zero-order valence-electron chi connectivity index (χ0n) is 12.4. The highest BCUT2D eigenvalue weighted by atomic mass is 19.1. The molecule has 3 aromatic rings. The highest BCUT2D eigenvalue weighted by Gasteiger charge is 2.22. The molecule has 0 atom stereocenters. The van der Waals surface area contributed by atoms with E-state index < -0.39 is 5.82 Å². The smallest absolute Gasteiger partial charge is 0.146 e. The molecule has 0 fully saturated rings. The molecule has 21 heavy (non-hydrogen) atoms. The van der Waals surface area contributed by atoms with Gasteiger partial charge >= 0.3 is 0 Å². The Morgan fingerprint density at radius 1 is 1.10 bits per heavy atom. The minimum atomic E-state index is -0.417. The molecular weight excluding hydrogens is 265 g/mol. The number of imidazole rings is 1. The molecule has 2 aromatic carbocycles. The van der Waals surface area contributed by atoms with Gasteiger partial charge in [-0.25, -0.2) is 9.37 Å². The quantitative estimate of drug-likeness (QED) is 0.681. The molecule has 0 aliphatic carbocycles. The van der Waals surface area contributed by atoms with Crippen LogP contribution in [0.4, 0.5) is 10.1 Å². The van der Waals surface area contributed by atoms with E-state index in [4.69, 9.17) is 5.73 Å². The summed E-state index contributed by atoms with van der Waals surface area (Å²) in [5, 5.41) is 0. The van der Waals surface area contributed by atoms with Crippen LogP contribution in [0.5, 0.6) is 0 Å². The summed E-state index contributed by atoms with van der Waals surface area (Å²) in [7, 11) is 0. The third-order valence-corrected chi connectivity index (χ3v) is 3.49. The van der Waals surface area contributed by atoms with Gasteiger partial charge in [-0.05, 0) is 51.1 Å². The molecule has 0 spiro atoms. The summed E-state index contributed by atoms with van der Waals surface area (Å²) in [4.78, 5) is 4.68. The van der Waals surface area contributed by atoms with Crippen LogP contribution in [0.25, 0.3) is 22.4 Å². The lowest BCUT2D eigenvalue weighted by Gasteiger charge is -2.24. The van der Waals surface area contributed by atoms with E-state index in [-0.39, 0.29) is 11.2 Å². The maximum absolute atomic E-state index is 13.8. The van der Waals surface area contributed by atoms with Gasteiger partial charge in [0.05, 0.1) is 16.7 Å². The molecule has 4 heteroatoms. The van der Waals surface area contributed by atoms with E-state index in [1.165, 1.54) is 6.07 Å². The average Bonchev–Trinajstić information content (AvgIpc) is 2.81. The van der Waals surface area contributed by atoms with E-state index >= 15 is 0 Å². The largest absolute Gasteiger partial charge is 0.396 e. The summed E-state index contributed by atoms with van der Waals surface area (Å²) < 4.78 is 15.9. The van der Waals surface area contributed by atoms with Gasteiger partial charge in [0.25, 0.3) is 0 Å². The Morgan fingerprint density at radius 3 is 2.48 bits per heavy atom. The summed E-state index contributed by atoms with van der Waals surface area (Å²) in [6.45, 7) is 6.33. The lowest BCUT2D eigenvalue weighted by atomic mass is 10.1. The Morgan fingerprint density at radius 2 is 1.81 bits per heavy atom. The summed E-state index contributed by atoms with van der Waals surface area (Å²) in [5.74, 6) is 0.336. The lowest BCUT2D eigenvalue weighted by Crippen LogP contribution is -2.22. The van der Waals surface area contributed by atoms with Crippen molar-refractivity contribution in [1.82, 2.24) is 9.55 Å². The summed E-state index contributed by atoms with van der Waals surface area (Å²) in [6.07, 6.45) is 0. The predicted octanol–water partition coefficient (Wildman–Crippen LogP) is 4.18. The highest BCUT2D eigenvalue weighted by molar-refractivity contribution is 5.81. The molecule has 3 nitrogen and oxygen atoms in total. The third-order valence-electron chi connectivity index (χ3n) is 3.49. The van der Waals surface area contributed by atoms with E-state index in [1.807, 2.05) is 30.3 Å². The first kappa shape index (κ1) is 13.6. The first-order chi connectivity index (χ1) is 9.88. The van der Waals surface area contributed by atoms with Crippen molar-refractivity contribution >= 4 is 16.7 Å². The number of halogens is 1. The fourth-order valence-corrected chi connectivity index (χ4v) is 2.56. The molecule has 1 aromatic heterocycles. The van der Waals surface area contributed by atoms with Gasteiger partial charge in [0.15, 0.2) is 0 Å². The van der Waals surface area contributed by atoms with Crippen LogP contribution in [0.3, 0.4) is 0 Å². The molecule has 0 saturated carbocycles. The van der Waals surface area contributed by atoms with Gasteiger partial charge in [0.1, 0.15) is 11.6 Å². The Bertz CT molecular complexity index is 813. The van der Waals surface area contributed by atoms with Crippen molar-refractivity contribution in [3.63, 3.8) is 0 Å². The number of aromatic nitrogens is 2. The Labute approximate surface area is 123 Å². The second-order valence-electron chi connectivity index (χ2n) is 6.17. The van der Waals surface area contributed by atoms with Crippen molar-refractivity contribution in [2.45, 2.75) is 26.3 Å². The van der Waals surface area contributed by atoms with Crippen LogP contribution in [-0.4, -0.2) is 9.55 Å². The van der Waals surface area contributed by atoms with Gasteiger partial charge in [-0.1, -0.05) is 12.1 Å². The van der Waals surface area contributed by atoms with E-state index in [2.05, 4.69) is 30.3 Å². The van der Waals surface area contributed by atoms with Crippen LogP contribution in [0.2, 0.25) is 0 Å². The predicted molar refractivity (Wildman–Crippen MR) is 84.5 cm³/mol. The number of nitrogens with zero attached hydrogens (tertiary/aromatic N) is 2. The molecule has 108 valence electrons. The molecule has 3 rings (SSSR count). The highest BCUT2D eigenvalue weighted by Crippen LogP contribution is 2.31. The summed E-state index contributed by atoms with van der Waals surface area (Å²) in [6, 6.07) is 12.8. The van der Waals surface area contributed by atoms with Gasteiger partial charge in [0.2, 0.25) is 0 Å². The third kappa shape index (κ3) is 2.27. The van der Waals surface area contributed by atoms with Crippen molar-refractivity contribution in [2.75, 3.05) is 5.73 Å². The molecule has 1 heterocycles. The molecule has 0 unspecified atom stereocenters. The number of para-hydroxylation sites is 2. The molecule has 0 aliphatic heterocycles. The fraction of sp³-hybridized carbons (Fsp3) is 0.235. The Kier molecular flexibility index (Phi) is 2.97.